The molecule has 2 aromatic heterocycles. The van der Waals surface area contributed by atoms with Crippen LogP contribution in [0.3, 0.4) is 0 Å². The number of hydrogen-bond donors (Lipinski definition) is 3. The number of thioether (sulfide) groups is 1. The van der Waals surface area contributed by atoms with Gasteiger partial charge in [0.2, 0.25) is 33.6 Å². The highest BCUT2D eigenvalue weighted by atomic mass is 32.2. The molecule has 1 saturated heterocycles. The van der Waals surface area contributed by atoms with Gasteiger partial charge in [0.05, 0.1) is 25.1 Å². The summed E-state index contributed by atoms with van der Waals surface area (Å²) in [7, 11) is -2.36. The van der Waals surface area contributed by atoms with Crippen LogP contribution in [0.15, 0.2) is 53.3 Å². The molecule has 2 aliphatic carbocycles. The lowest BCUT2D eigenvalue weighted by molar-refractivity contribution is -0.140. The van der Waals surface area contributed by atoms with Crippen LogP contribution in [0.2, 0.25) is 0 Å². The highest BCUT2D eigenvalue weighted by Gasteiger charge is 2.62. The number of ether oxygens (including phenoxy) is 3. The number of carbonyl (C=O) groups excluding carboxylic acids is 4. The molecule has 7 rings (SSSR count). The van der Waals surface area contributed by atoms with Gasteiger partial charge in [-0.3, -0.25) is 19.1 Å². The van der Waals surface area contributed by atoms with Gasteiger partial charge < -0.3 is 34.2 Å². The summed E-state index contributed by atoms with van der Waals surface area (Å²) in [4.78, 5) is 66.1. The first-order chi connectivity index (χ1) is 26.7. The summed E-state index contributed by atoms with van der Waals surface area (Å²) in [6, 6.07) is 4.91. The average molecular weight is 811 g/mol. The molecule has 4 aliphatic rings. The largest absolute Gasteiger partial charge is 0.497 e. The lowest BCUT2D eigenvalue weighted by Crippen LogP contribution is -2.58. The number of oxazole rings is 1. The first-order valence-corrected chi connectivity index (χ1v) is 21.3. The summed E-state index contributed by atoms with van der Waals surface area (Å²) in [6.07, 6.45) is 7.62. The van der Waals surface area contributed by atoms with E-state index in [1.165, 1.54) is 29.1 Å². The number of fused-ring (bicyclic) bond motifs is 3. The van der Waals surface area contributed by atoms with Gasteiger partial charge in [0.25, 0.3) is 5.91 Å². The fourth-order valence-corrected chi connectivity index (χ4v) is 9.33. The summed E-state index contributed by atoms with van der Waals surface area (Å²) < 4.78 is 51.0. The number of hydrogen-bond acceptors (Lipinski definition) is 13. The topological polar surface area (TPSA) is 208 Å². The molecule has 1 aromatic carbocycles. The molecule has 0 radical (unpaired) electrons. The third-order valence-electron chi connectivity index (χ3n) is 10.0. The second kappa shape index (κ2) is 15.6. The normalized spacial score (nSPS) is 25.9. The van der Waals surface area contributed by atoms with Crippen molar-refractivity contribution >= 4 is 56.4 Å². The number of pyridine rings is 1. The van der Waals surface area contributed by atoms with Gasteiger partial charge >= 0.3 is 6.09 Å². The fourth-order valence-electron chi connectivity index (χ4n) is 6.97. The van der Waals surface area contributed by atoms with Crippen molar-refractivity contribution < 1.29 is 46.2 Å². The summed E-state index contributed by atoms with van der Waals surface area (Å²) >= 11 is 1.48. The highest BCUT2D eigenvalue weighted by Crippen LogP contribution is 2.46. The smallest absolute Gasteiger partial charge is 0.408 e. The molecule has 2 saturated carbocycles. The predicted molar refractivity (Wildman–Crippen MR) is 206 cm³/mol. The van der Waals surface area contributed by atoms with Gasteiger partial charge in [-0.1, -0.05) is 12.2 Å². The second-order valence-corrected chi connectivity index (χ2v) is 18.6. The van der Waals surface area contributed by atoms with Crippen molar-refractivity contribution in [3.8, 4) is 23.2 Å². The van der Waals surface area contributed by atoms with E-state index in [-0.39, 0.29) is 36.9 Å². The van der Waals surface area contributed by atoms with Gasteiger partial charge in [0.15, 0.2) is 0 Å². The quantitative estimate of drug-likeness (QED) is 0.278. The first kappa shape index (κ1) is 39.4. The van der Waals surface area contributed by atoms with E-state index in [1.54, 1.807) is 46.1 Å². The molecule has 300 valence electrons. The molecule has 1 unspecified atom stereocenters. The number of nitrogens with zero attached hydrogens (tertiary/aromatic N) is 3. The number of allylic oxidation sites excluding steroid dienone is 1. The maximum absolute atomic E-state index is 14.6. The van der Waals surface area contributed by atoms with Crippen molar-refractivity contribution in [3.05, 3.63) is 48.9 Å². The highest BCUT2D eigenvalue weighted by molar-refractivity contribution is 7.99. The molecule has 3 fully saturated rings. The van der Waals surface area contributed by atoms with Crippen LogP contribution in [0.4, 0.5) is 4.79 Å². The molecular weight excluding hydrogens is 765 g/mol. The summed E-state index contributed by atoms with van der Waals surface area (Å²) in [6.45, 7) is 5.07. The molecule has 2 aliphatic heterocycles. The number of amides is 4. The van der Waals surface area contributed by atoms with Crippen LogP contribution >= 0.6 is 11.8 Å². The Hall–Kier alpha value is -4.84. The molecule has 4 amide bonds. The van der Waals surface area contributed by atoms with Crippen LogP contribution in [-0.4, -0.2) is 107 Å². The van der Waals surface area contributed by atoms with Crippen molar-refractivity contribution in [2.24, 2.45) is 5.92 Å². The van der Waals surface area contributed by atoms with Gasteiger partial charge in [-0.15, -0.1) is 0 Å². The monoisotopic (exact) mass is 810 g/mol. The number of sulfonamides is 1. The zero-order valence-electron chi connectivity index (χ0n) is 31.6. The number of methoxy groups -OCH3 is 1. The molecule has 16 nitrogen and oxygen atoms in total. The zero-order valence-corrected chi connectivity index (χ0v) is 33.2. The van der Waals surface area contributed by atoms with Crippen molar-refractivity contribution in [2.45, 2.75) is 93.9 Å². The summed E-state index contributed by atoms with van der Waals surface area (Å²) in [5.41, 5.74) is -1.98. The van der Waals surface area contributed by atoms with Crippen molar-refractivity contribution in [1.82, 2.24) is 30.2 Å². The minimum atomic E-state index is -3.91. The van der Waals surface area contributed by atoms with E-state index in [9.17, 15) is 27.6 Å². The third-order valence-corrected chi connectivity index (χ3v) is 13.0. The van der Waals surface area contributed by atoms with Gasteiger partial charge in [-0.25, -0.2) is 23.2 Å². The van der Waals surface area contributed by atoms with E-state index >= 15 is 0 Å². The van der Waals surface area contributed by atoms with Crippen molar-refractivity contribution in [1.29, 1.82) is 0 Å². The Bertz CT molecular complexity index is 2140. The lowest BCUT2D eigenvalue weighted by atomic mass is 10.1. The van der Waals surface area contributed by atoms with Crippen LogP contribution in [0.25, 0.3) is 22.4 Å². The van der Waals surface area contributed by atoms with E-state index < -0.39 is 74.3 Å². The second-order valence-electron chi connectivity index (χ2n) is 15.5. The molecule has 0 bridgehead atoms. The minimum Gasteiger partial charge on any atom is -0.497 e. The first-order valence-electron chi connectivity index (χ1n) is 18.6. The Balaban J connectivity index is 1.22. The van der Waals surface area contributed by atoms with E-state index in [0.29, 0.717) is 47.2 Å². The van der Waals surface area contributed by atoms with Crippen LogP contribution in [-0.2, 0) is 29.1 Å². The fraction of sp³-hybridized carbons (Fsp3) is 0.526. The van der Waals surface area contributed by atoms with Gasteiger partial charge in [0.1, 0.15) is 47.0 Å². The van der Waals surface area contributed by atoms with Crippen LogP contribution < -0.4 is 24.8 Å². The predicted octanol–water partition coefficient (Wildman–Crippen LogP) is 3.71. The van der Waals surface area contributed by atoms with E-state index in [1.807, 2.05) is 18.2 Å². The maximum Gasteiger partial charge on any atom is 0.408 e. The summed E-state index contributed by atoms with van der Waals surface area (Å²) in [5, 5.41) is 6.28. The minimum absolute atomic E-state index is 0.00892. The maximum atomic E-state index is 14.6. The molecule has 0 spiro atoms. The number of rotatable bonds is 8. The number of aromatic nitrogens is 2. The van der Waals surface area contributed by atoms with Crippen LogP contribution in [0, 0.1) is 5.92 Å². The number of benzene rings is 1. The van der Waals surface area contributed by atoms with Crippen LogP contribution in [0.1, 0.15) is 59.3 Å². The van der Waals surface area contributed by atoms with E-state index in [0.717, 1.165) is 6.42 Å². The Kier molecular flexibility index (Phi) is 11.0. The summed E-state index contributed by atoms with van der Waals surface area (Å²) in [5.74, 6) is -0.545. The SMILES string of the molecule is COc1ccc2c(OC3C[C@H]4C(=O)N[C@]5(C(=O)NS(=O)(=O)C6CC6)C[C@H]5C=CCCCSC[C@H](NC(=O)OC(C)(C)C)C(=O)N4C3)nc(-c3ncco3)cc2c1. The molecule has 3 aromatic rings. The van der Waals surface area contributed by atoms with Crippen molar-refractivity contribution in [2.75, 3.05) is 25.2 Å². The van der Waals surface area contributed by atoms with Crippen molar-refractivity contribution in [3.63, 3.8) is 0 Å². The van der Waals surface area contributed by atoms with E-state index in [2.05, 4.69) is 20.3 Å². The standard InChI is InChI=1S/C38H46N6O10S2/c1-37(2,3)54-36(48)41-29-21-55-15-7-5-6-8-23-19-38(23,35(47)43-56(49,50)26-10-11-26)42-31(45)30-18-25(20-44(30)34(29)46)53-32-27-12-9-24(51-4)16-22(27)17-28(40-32)33-39-13-14-52-33/h6,8-9,12-14,16-17,23,25-26,29-30H,5,7,10-11,15,18-21H2,1-4H3,(H,41,48)(H,42,45)(H,43,47)/t23-,25?,29+,30+,38-/m1/s1. The number of carbonyl (C=O) groups is 4. The van der Waals surface area contributed by atoms with Gasteiger partial charge in [-0.2, -0.15) is 11.8 Å². The lowest BCUT2D eigenvalue weighted by Gasteiger charge is -2.30. The molecule has 5 atom stereocenters. The number of alkyl carbamates (subject to hydrolysis) is 1. The zero-order chi connectivity index (χ0) is 39.8. The van der Waals surface area contributed by atoms with Crippen LogP contribution in [0.5, 0.6) is 11.6 Å². The van der Waals surface area contributed by atoms with Gasteiger partial charge in [0, 0.05) is 23.5 Å². The Morgan fingerprint density at radius 3 is 2.68 bits per heavy atom. The van der Waals surface area contributed by atoms with E-state index in [4.69, 9.17) is 23.6 Å². The molecule has 18 heteroatoms. The Morgan fingerprint density at radius 1 is 1.16 bits per heavy atom. The molecule has 56 heavy (non-hydrogen) atoms. The average Bonchev–Trinajstić information content (AvgIpc) is 4.00. The molecule has 4 heterocycles. The third kappa shape index (κ3) is 8.75. The molecule has 3 N–H and O–H groups in total. The Labute approximate surface area is 328 Å². The Morgan fingerprint density at radius 2 is 1.96 bits per heavy atom. The molecular formula is C38H46N6O10S2. The number of nitrogens with one attached hydrogen (secondary N) is 3. The van der Waals surface area contributed by atoms with Gasteiger partial charge in [-0.05, 0) is 88.3 Å².